The number of benzene rings is 1. The molecule has 2 atom stereocenters. The van der Waals surface area contributed by atoms with E-state index in [4.69, 9.17) is 0 Å². The highest BCUT2D eigenvalue weighted by Gasteiger charge is 2.40. The number of pyridine rings is 1. The number of alkyl halides is 2. The summed E-state index contributed by atoms with van der Waals surface area (Å²) in [6.45, 7) is 4.84. The van der Waals surface area contributed by atoms with Gasteiger partial charge in [0.15, 0.2) is 0 Å². The minimum absolute atomic E-state index is 0.0130. The number of halogens is 2. The zero-order chi connectivity index (χ0) is 29.9. The Morgan fingerprint density at radius 2 is 2.05 bits per heavy atom. The lowest BCUT2D eigenvalue weighted by molar-refractivity contribution is -0.139. The van der Waals surface area contributed by atoms with Gasteiger partial charge in [-0.1, -0.05) is 12.1 Å². The molecule has 0 saturated carbocycles. The van der Waals surface area contributed by atoms with Gasteiger partial charge in [-0.05, 0) is 87.8 Å². The third kappa shape index (κ3) is 7.31. The number of aryl methyl sites for hydroxylation is 4. The number of fused-ring (bicyclic) bond motifs is 1. The minimum Gasteiger partial charge on any atom is -0.480 e. The summed E-state index contributed by atoms with van der Waals surface area (Å²) in [4.78, 5) is 31.3. The first kappa shape index (κ1) is 29.6. The van der Waals surface area contributed by atoms with Crippen LogP contribution in [0.1, 0.15) is 58.7 Å². The second-order valence-electron chi connectivity index (χ2n) is 11.6. The van der Waals surface area contributed by atoms with Crippen molar-refractivity contribution < 1.29 is 23.5 Å². The summed E-state index contributed by atoms with van der Waals surface area (Å²) in [5, 5.41) is 20.1. The van der Waals surface area contributed by atoms with Gasteiger partial charge in [0, 0.05) is 43.0 Å². The van der Waals surface area contributed by atoms with E-state index in [1.165, 1.54) is 5.56 Å². The van der Waals surface area contributed by atoms with Crippen LogP contribution in [0.2, 0.25) is 0 Å². The number of piperidine rings is 1. The van der Waals surface area contributed by atoms with Crippen molar-refractivity contribution in [1.82, 2.24) is 25.0 Å². The fraction of sp³-hybridized carbons (Fsp3) is 0.484. The predicted molar refractivity (Wildman–Crippen MR) is 155 cm³/mol. The zero-order valence-electron chi connectivity index (χ0n) is 24.1. The van der Waals surface area contributed by atoms with Crippen LogP contribution in [0.3, 0.4) is 0 Å². The highest BCUT2D eigenvalue weighted by molar-refractivity contribution is 5.97. The molecule has 1 amide bonds. The summed E-state index contributed by atoms with van der Waals surface area (Å²) >= 11 is 0. The number of anilines is 1. The number of aromatic nitrogens is 3. The number of carbonyl (C=O) groups excluding carboxylic acids is 1. The predicted octanol–water partition coefficient (Wildman–Crippen LogP) is 4.41. The molecule has 3 N–H and O–H groups in total. The second kappa shape index (κ2) is 12.6. The van der Waals surface area contributed by atoms with Crippen molar-refractivity contribution in [2.24, 2.45) is 5.92 Å². The van der Waals surface area contributed by atoms with Crippen molar-refractivity contribution in [2.75, 3.05) is 31.5 Å². The maximum Gasteiger partial charge on any atom is 0.326 e. The van der Waals surface area contributed by atoms with Crippen molar-refractivity contribution in [3.05, 3.63) is 70.7 Å². The first-order valence-electron chi connectivity index (χ1n) is 14.6. The first-order chi connectivity index (χ1) is 20.1. The van der Waals surface area contributed by atoms with Gasteiger partial charge in [0.1, 0.15) is 11.9 Å². The molecule has 3 aromatic rings. The van der Waals surface area contributed by atoms with Crippen molar-refractivity contribution in [1.29, 1.82) is 0 Å². The largest absolute Gasteiger partial charge is 0.480 e. The molecule has 0 radical (unpaired) electrons. The van der Waals surface area contributed by atoms with Crippen molar-refractivity contribution in [2.45, 2.75) is 64.3 Å². The maximum absolute atomic E-state index is 14.7. The Balaban J connectivity index is 1.18. The van der Waals surface area contributed by atoms with Crippen molar-refractivity contribution in [3.63, 3.8) is 0 Å². The maximum atomic E-state index is 14.7. The van der Waals surface area contributed by atoms with E-state index >= 15 is 0 Å². The number of carbonyl (C=O) groups is 2. The Kier molecular flexibility index (Phi) is 8.86. The van der Waals surface area contributed by atoms with E-state index in [2.05, 4.69) is 26.8 Å². The SMILES string of the molecule is Cc1cc(C)n(-c2cccc(C(=O)NC(CCN3CC(CCc4ccc5c(n4)NCCC5)CC(F)(F)C3)C(=O)O)c2)n1. The van der Waals surface area contributed by atoms with E-state index in [-0.39, 0.29) is 25.3 Å². The third-order valence-corrected chi connectivity index (χ3v) is 8.02. The van der Waals surface area contributed by atoms with Crippen LogP contribution >= 0.6 is 0 Å². The van der Waals surface area contributed by atoms with Gasteiger partial charge in [-0.2, -0.15) is 5.10 Å². The average Bonchev–Trinajstić information content (AvgIpc) is 3.30. The Morgan fingerprint density at radius 3 is 2.81 bits per heavy atom. The highest BCUT2D eigenvalue weighted by atomic mass is 19.3. The standard InChI is InChI=1S/C31H38F2N6O3/c1-20-15-21(2)39(37-20)26-7-3-5-24(16-26)29(40)36-27(30(41)42)12-14-38-18-22(17-31(32,33)19-38)8-10-25-11-9-23-6-4-13-34-28(23)35-25/h3,5,7,9,11,15-16,22,27H,4,6,8,10,12-14,17-19H2,1-2H3,(H,34,35)(H,36,40)(H,41,42). The lowest BCUT2D eigenvalue weighted by atomic mass is 9.90. The van der Waals surface area contributed by atoms with Crippen LogP contribution in [0.5, 0.6) is 0 Å². The summed E-state index contributed by atoms with van der Waals surface area (Å²) in [5.74, 6) is -3.95. The van der Waals surface area contributed by atoms with Crippen LogP contribution in [-0.4, -0.2) is 74.8 Å². The first-order valence-corrected chi connectivity index (χ1v) is 14.6. The summed E-state index contributed by atoms with van der Waals surface area (Å²) in [5.41, 5.74) is 4.80. The fourth-order valence-electron chi connectivity index (χ4n) is 6.01. The smallest absolute Gasteiger partial charge is 0.326 e. The lowest BCUT2D eigenvalue weighted by Crippen LogP contribution is -2.49. The Hall–Kier alpha value is -3.86. The number of nitrogens with one attached hydrogen (secondary N) is 2. The van der Waals surface area contributed by atoms with Crippen molar-refractivity contribution >= 4 is 17.7 Å². The molecule has 2 aliphatic heterocycles. The number of hydrogen-bond donors (Lipinski definition) is 3. The molecule has 5 rings (SSSR count). The lowest BCUT2D eigenvalue weighted by Gasteiger charge is -2.38. The van der Waals surface area contributed by atoms with Crippen LogP contribution in [0.25, 0.3) is 5.69 Å². The number of aliphatic carboxylic acids is 1. The number of likely N-dealkylation sites (tertiary alicyclic amines) is 1. The molecule has 11 heteroatoms. The molecular formula is C31H38F2N6O3. The number of carboxylic acid groups (broad SMARTS) is 1. The van der Waals surface area contributed by atoms with E-state index < -0.39 is 30.4 Å². The van der Waals surface area contributed by atoms with Crippen LogP contribution in [0, 0.1) is 19.8 Å². The van der Waals surface area contributed by atoms with Gasteiger partial charge in [-0.15, -0.1) is 0 Å². The summed E-state index contributed by atoms with van der Waals surface area (Å²) in [7, 11) is 0. The number of carboxylic acids is 1. The van der Waals surface area contributed by atoms with Gasteiger partial charge in [-0.25, -0.2) is 23.2 Å². The summed E-state index contributed by atoms with van der Waals surface area (Å²) in [6.07, 6.45) is 3.06. The Bertz CT molecular complexity index is 1440. The molecule has 1 saturated heterocycles. The topological polar surface area (TPSA) is 112 Å². The van der Waals surface area contributed by atoms with Gasteiger partial charge >= 0.3 is 5.97 Å². The minimum atomic E-state index is -2.86. The van der Waals surface area contributed by atoms with Crippen LogP contribution < -0.4 is 10.6 Å². The van der Waals surface area contributed by atoms with Gasteiger partial charge in [0.05, 0.1) is 17.9 Å². The molecular weight excluding hydrogens is 542 g/mol. The van der Waals surface area contributed by atoms with Gasteiger partial charge in [-0.3, -0.25) is 9.69 Å². The Morgan fingerprint density at radius 1 is 1.21 bits per heavy atom. The molecule has 0 aliphatic carbocycles. The molecule has 9 nitrogen and oxygen atoms in total. The van der Waals surface area contributed by atoms with E-state index in [9.17, 15) is 23.5 Å². The number of amides is 1. The van der Waals surface area contributed by atoms with Gasteiger partial charge in [0.2, 0.25) is 0 Å². The fourth-order valence-corrected chi connectivity index (χ4v) is 6.01. The molecule has 2 aliphatic rings. The molecule has 224 valence electrons. The number of hydrogen-bond acceptors (Lipinski definition) is 6. The zero-order valence-corrected chi connectivity index (χ0v) is 24.1. The quantitative estimate of drug-likeness (QED) is 0.326. The summed E-state index contributed by atoms with van der Waals surface area (Å²) < 4.78 is 31.1. The van der Waals surface area contributed by atoms with E-state index in [1.54, 1.807) is 27.8 Å². The monoisotopic (exact) mass is 580 g/mol. The normalized spacial score (nSPS) is 19.0. The molecule has 1 fully saturated rings. The van der Waals surface area contributed by atoms with Crippen LogP contribution in [0.4, 0.5) is 14.6 Å². The summed E-state index contributed by atoms with van der Waals surface area (Å²) in [6, 6.07) is 11.5. The van der Waals surface area contributed by atoms with E-state index in [1.807, 2.05) is 32.0 Å². The second-order valence-corrected chi connectivity index (χ2v) is 11.6. The number of rotatable bonds is 10. The van der Waals surface area contributed by atoms with Crippen LogP contribution in [0.15, 0.2) is 42.5 Å². The number of nitrogens with zero attached hydrogens (tertiary/aromatic N) is 4. The van der Waals surface area contributed by atoms with Crippen LogP contribution in [-0.2, 0) is 17.6 Å². The van der Waals surface area contributed by atoms with Gasteiger partial charge < -0.3 is 15.7 Å². The van der Waals surface area contributed by atoms with E-state index in [0.717, 1.165) is 42.3 Å². The molecule has 0 bridgehead atoms. The molecule has 2 aromatic heterocycles. The van der Waals surface area contributed by atoms with Crippen molar-refractivity contribution in [3.8, 4) is 5.69 Å². The van der Waals surface area contributed by atoms with Gasteiger partial charge in [0.25, 0.3) is 11.8 Å². The average molecular weight is 581 g/mol. The molecule has 2 unspecified atom stereocenters. The molecule has 1 aromatic carbocycles. The highest BCUT2D eigenvalue weighted by Crippen LogP contribution is 2.33. The molecule has 42 heavy (non-hydrogen) atoms. The third-order valence-electron chi connectivity index (χ3n) is 8.02. The molecule has 0 spiro atoms. The molecule has 4 heterocycles. The Labute approximate surface area is 244 Å². The van der Waals surface area contributed by atoms with E-state index in [0.29, 0.717) is 30.6 Å².